The summed E-state index contributed by atoms with van der Waals surface area (Å²) in [7, 11) is 1.97. The van der Waals surface area contributed by atoms with E-state index in [1.54, 1.807) is 6.07 Å². The van der Waals surface area contributed by atoms with Gasteiger partial charge in [0.1, 0.15) is 5.82 Å². The Morgan fingerprint density at radius 2 is 1.94 bits per heavy atom. The molecule has 3 nitrogen and oxygen atoms in total. The molecule has 17 heavy (non-hydrogen) atoms. The molecule has 0 aliphatic carbocycles. The van der Waals surface area contributed by atoms with Crippen LogP contribution in [0.4, 0.5) is 10.1 Å². The molecule has 0 bridgehead atoms. The van der Waals surface area contributed by atoms with Crippen LogP contribution < -0.4 is 10.2 Å². The van der Waals surface area contributed by atoms with Crippen molar-refractivity contribution in [3.63, 3.8) is 0 Å². The lowest BCUT2D eigenvalue weighted by Gasteiger charge is -2.30. The minimum atomic E-state index is -0.139. The molecule has 1 aromatic heterocycles. The minimum Gasteiger partial charge on any atom is -0.367 e. The topological polar surface area (TPSA) is 20.2 Å². The molecule has 1 fully saturated rings. The molecule has 0 unspecified atom stereocenters. The van der Waals surface area contributed by atoms with Gasteiger partial charge >= 0.3 is 0 Å². The van der Waals surface area contributed by atoms with E-state index in [1.165, 1.54) is 0 Å². The van der Waals surface area contributed by atoms with Gasteiger partial charge in [-0.3, -0.25) is 0 Å². The van der Waals surface area contributed by atoms with Gasteiger partial charge in [-0.1, -0.05) is 0 Å². The van der Waals surface area contributed by atoms with Crippen LogP contribution in [-0.2, 0) is 7.05 Å². The van der Waals surface area contributed by atoms with Crippen molar-refractivity contribution in [3.8, 4) is 0 Å². The smallest absolute Gasteiger partial charge is 0.132 e. The third kappa shape index (κ3) is 1.69. The molecule has 1 N–H and O–H groups in total. The van der Waals surface area contributed by atoms with Crippen LogP contribution in [0, 0.1) is 5.82 Å². The number of hydrogen-bond acceptors (Lipinski definition) is 2. The second-order valence-electron chi connectivity index (χ2n) is 4.49. The minimum absolute atomic E-state index is 0.139. The molecule has 0 radical (unpaired) electrons. The number of rotatable bonds is 1. The van der Waals surface area contributed by atoms with E-state index in [0.29, 0.717) is 5.39 Å². The number of fused-ring (bicyclic) bond motifs is 1. The summed E-state index contributed by atoms with van der Waals surface area (Å²) in [4.78, 5) is 2.32. The first-order valence-corrected chi connectivity index (χ1v) is 5.96. The van der Waals surface area contributed by atoms with Crippen molar-refractivity contribution in [1.82, 2.24) is 9.88 Å². The number of halogens is 1. The number of anilines is 1. The SMILES string of the molecule is Cn1ccc2c(F)ccc(N3CCNCC3)c21. The van der Waals surface area contributed by atoms with Crippen molar-refractivity contribution in [3.05, 3.63) is 30.2 Å². The number of piperazine rings is 1. The van der Waals surface area contributed by atoms with E-state index in [1.807, 2.05) is 29.9 Å². The van der Waals surface area contributed by atoms with E-state index < -0.39 is 0 Å². The Kier molecular flexibility index (Phi) is 2.52. The van der Waals surface area contributed by atoms with Crippen LogP contribution in [0.15, 0.2) is 24.4 Å². The molecule has 0 saturated carbocycles. The van der Waals surface area contributed by atoms with E-state index in [-0.39, 0.29) is 5.82 Å². The van der Waals surface area contributed by atoms with Gasteiger partial charge in [-0.2, -0.15) is 0 Å². The Morgan fingerprint density at radius 1 is 1.18 bits per heavy atom. The molecule has 0 atom stereocenters. The van der Waals surface area contributed by atoms with Crippen molar-refractivity contribution in [2.75, 3.05) is 31.1 Å². The molecule has 1 aliphatic rings. The molecule has 0 amide bonds. The van der Waals surface area contributed by atoms with Crippen LogP contribution in [0.1, 0.15) is 0 Å². The highest BCUT2D eigenvalue weighted by Gasteiger charge is 2.16. The Balaban J connectivity index is 2.15. The Labute approximate surface area is 99.8 Å². The van der Waals surface area contributed by atoms with Crippen LogP contribution in [0.25, 0.3) is 10.9 Å². The molecule has 90 valence electrons. The molecule has 1 aliphatic heterocycles. The van der Waals surface area contributed by atoms with Crippen molar-refractivity contribution in [2.24, 2.45) is 7.05 Å². The maximum atomic E-state index is 13.7. The van der Waals surface area contributed by atoms with Crippen LogP contribution in [-0.4, -0.2) is 30.7 Å². The summed E-state index contributed by atoms with van der Waals surface area (Å²) in [6.45, 7) is 3.93. The van der Waals surface area contributed by atoms with Crippen molar-refractivity contribution in [1.29, 1.82) is 0 Å². The van der Waals surface area contributed by atoms with Gasteiger partial charge in [-0.25, -0.2) is 4.39 Å². The number of nitrogens with one attached hydrogen (secondary N) is 1. The zero-order valence-electron chi connectivity index (χ0n) is 9.91. The van der Waals surface area contributed by atoms with Gasteiger partial charge in [0.25, 0.3) is 0 Å². The van der Waals surface area contributed by atoms with Gasteiger partial charge in [0.05, 0.1) is 11.2 Å². The van der Waals surface area contributed by atoms with Crippen molar-refractivity contribution in [2.45, 2.75) is 0 Å². The lowest BCUT2D eigenvalue weighted by atomic mass is 10.2. The second-order valence-corrected chi connectivity index (χ2v) is 4.49. The van der Waals surface area contributed by atoms with Gasteiger partial charge in [-0.15, -0.1) is 0 Å². The summed E-state index contributed by atoms with van der Waals surface area (Å²) >= 11 is 0. The summed E-state index contributed by atoms with van der Waals surface area (Å²) in [5.41, 5.74) is 2.13. The maximum absolute atomic E-state index is 13.7. The predicted molar refractivity (Wildman–Crippen MR) is 68.0 cm³/mol. The molecule has 2 heterocycles. The van der Waals surface area contributed by atoms with Crippen LogP contribution >= 0.6 is 0 Å². The summed E-state index contributed by atoms with van der Waals surface area (Å²) in [5.74, 6) is -0.139. The Hall–Kier alpha value is -1.55. The molecule has 2 aromatic rings. The standard InChI is InChI=1S/C13H16FN3/c1-16-7-4-10-11(14)2-3-12(13(10)16)17-8-5-15-6-9-17/h2-4,7,15H,5-6,8-9H2,1H3. The average Bonchev–Trinajstić information content (AvgIpc) is 2.75. The van der Waals surface area contributed by atoms with Gasteiger partial charge in [0.15, 0.2) is 0 Å². The number of hydrogen-bond donors (Lipinski definition) is 1. The van der Waals surface area contributed by atoms with Crippen LogP contribution in [0.3, 0.4) is 0 Å². The second kappa shape index (κ2) is 4.04. The van der Waals surface area contributed by atoms with Crippen LogP contribution in [0.5, 0.6) is 0 Å². The van der Waals surface area contributed by atoms with Gasteiger partial charge in [0.2, 0.25) is 0 Å². The van der Waals surface area contributed by atoms with E-state index in [0.717, 1.165) is 37.4 Å². The number of nitrogens with zero attached hydrogens (tertiary/aromatic N) is 2. The molecular formula is C13H16FN3. The zero-order chi connectivity index (χ0) is 11.8. The highest BCUT2D eigenvalue weighted by molar-refractivity contribution is 5.92. The first kappa shape index (κ1) is 10.6. The summed E-state index contributed by atoms with van der Waals surface area (Å²) in [6.07, 6.45) is 1.92. The molecular weight excluding hydrogens is 217 g/mol. The first-order chi connectivity index (χ1) is 8.27. The van der Waals surface area contributed by atoms with Gasteiger partial charge in [-0.05, 0) is 18.2 Å². The quantitative estimate of drug-likeness (QED) is 0.809. The third-order valence-corrected chi connectivity index (χ3v) is 3.42. The van der Waals surface area contributed by atoms with E-state index in [2.05, 4.69) is 10.2 Å². The zero-order valence-corrected chi connectivity index (χ0v) is 9.91. The lowest BCUT2D eigenvalue weighted by Crippen LogP contribution is -2.43. The fourth-order valence-electron chi connectivity index (χ4n) is 2.52. The maximum Gasteiger partial charge on any atom is 0.132 e. The molecule has 4 heteroatoms. The lowest BCUT2D eigenvalue weighted by molar-refractivity contribution is 0.589. The molecule has 0 spiro atoms. The monoisotopic (exact) mass is 233 g/mol. The summed E-state index contributed by atoms with van der Waals surface area (Å²) < 4.78 is 15.7. The van der Waals surface area contributed by atoms with E-state index in [4.69, 9.17) is 0 Å². The fraction of sp³-hybridized carbons (Fsp3) is 0.385. The number of benzene rings is 1. The van der Waals surface area contributed by atoms with E-state index >= 15 is 0 Å². The molecule has 3 rings (SSSR count). The van der Waals surface area contributed by atoms with Gasteiger partial charge in [0, 0.05) is 44.8 Å². The average molecular weight is 233 g/mol. The highest BCUT2D eigenvalue weighted by Crippen LogP contribution is 2.29. The summed E-state index contributed by atoms with van der Waals surface area (Å²) in [5, 5.41) is 4.04. The largest absolute Gasteiger partial charge is 0.367 e. The highest BCUT2D eigenvalue weighted by atomic mass is 19.1. The van der Waals surface area contributed by atoms with Crippen molar-refractivity contribution < 1.29 is 4.39 Å². The fourth-order valence-corrected chi connectivity index (χ4v) is 2.52. The number of aryl methyl sites for hydroxylation is 1. The predicted octanol–water partition coefficient (Wildman–Crippen LogP) is 1.73. The van der Waals surface area contributed by atoms with Gasteiger partial charge < -0.3 is 14.8 Å². The third-order valence-electron chi connectivity index (χ3n) is 3.42. The normalized spacial score (nSPS) is 16.7. The number of aromatic nitrogens is 1. The molecule has 1 saturated heterocycles. The van der Waals surface area contributed by atoms with Crippen molar-refractivity contribution >= 4 is 16.6 Å². The Morgan fingerprint density at radius 3 is 2.71 bits per heavy atom. The van der Waals surface area contributed by atoms with E-state index in [9.17, 15) is 4.39 Å². The molecule has 1 aromatic carbocycles. The Bertz CT molecular complexity index is 541. The summed E-state index contributed by atoms with van der Waals surface area (Å²) in [6, 6.07) is 5.30. The van der Waals surface area contributed by atoms with Crippen LogP contribution in [0.2, 0.25) is 0 Å². The first-order valence-electron chi connectivity index (χ1n) is 5.96.